The van der Waals surface area contributed by atoms with Crippen molar-refractivity contribution in [3.63, 3.8) is 0 Å². The maximum atomic E-state index is 9.22. The monoisotopic (exact) mass is 244 g/mol. The topological polar surface area (TPSA) is 49.5 Å². The van der Waals surface area contributed by atoms with Crippen molar-refractivity contribution in [1.29, 1.82) is 0 Å². The normalized spacial score (nSPS) is 12.7. The van der Waals surface area contributed by atoms with E-state index in [1.54, 1.807) is 0 Å². The summed E-state index contributed by atoms with van der Waals surface area (Å²) in [6, 6.07) is 0.575. The molecule has 0 radical (unpaired) electrons. The molecule has 0 atom stereocenters. The van der Waals surface area contributed by atoms with Crippen LogP contribution in [0.5, 0.6) is 0 Å². The average molecular weight is 244 g/mol. The van der Waals surface area contributed by atoms with Crippen molar-refractivity contribution < 1.29 is 5.11 Å². The molecule has 0 amide bonds. The Morgan fingerprint density at radius 2 is 1.65 bits per heavy atom. The van der Waals surface area contributed by atoms with Crippen molar-refractivity contribution in [1.82, 2.24) is 4.90 Å². The fourth-order valence-corrected chi connectivity index (χ4v) is 2.58. The van der Waals surface area contributed by atoms with E-state index in [9.17, 15) is 5.11 Å². The third kappa shape index (κ3) is 4.94. The Morgan fingerprint density at radius 3 is 1.94 bits per heavy atom. The Balaban J connectivity index is 4.70. The van der Waals surface area contributed by atoms with Gasteiger partial charge in [-0.25, -0.2) is 0 Å². The molecule has 3 heteroatoms. The van der Waals surface area contributed by atoms with Gasteiger partial charge in [-0.15, -0.1) is 0 Å². The first-order valence-corrected chi connectivity index (χ1v) is 7.17. The fourth-order valence-electron chi connectivity index (χ4n) is 2.58. The lowest BCUT2D eigenvalue weighted by atomic mass is 9.81. The summed E-state index contributed by atoms with van der Waals surface area (Å²) in [6.45, 7) is 11.7. The number of nitrogens with zero attached hydrogens (tertiary/aromatic N) is 1. The highest BCUT2D eigenvalue weighted by molar-refractivity contribution is 4.84. The van der Waals surface area contributed by atoms with Gasteiger partial charge in [-0.1, -0.05) is 27.7 Å². The van der Waals surface area contributed by atoms with E-state index in [0.717, 1.165) is 45.3 Å². The van der Waals surface area contributed by atoms with Gasteiger partial charge in [-0.2, -0.15) is 0 Å². The number of aliphatic hydroxyl groups excluding tert-OH is 1. The van der Waals surface area contributed by atoms with Gasteiger partial charge in [0.05, 0.1) is 6.61 Å². The van der Waals surface area contributed by atoms with Crippen LogP contribution < -0.4 is 5.73 Å². The Labute approximate surface area is 107 Å². The summed E-state index contributed by atoms with van der Waals surface area (Å²) >= 11 is 0. The molecule has 0 fully saturated rings. The van der Waals surface area contributed by atoms with Crippen LogP contribution >= 0.6 is 0 Å². The summed E-state index contributed by atoms with van der Waals surface area (Å²) < 4.78 is 0. The van der Waals surface area contributed by atoms with Crippen LogP contribution in [0.4, 0.5) is 0 Å². The quantitative estimate of drug-likeness (QED) is 0.619. The lowest BCUT2D eigenvalue weighted by Crippen LogP contribution is -2.47. The van der Waals surface area contributed by atoms with Gasteiger partial charge in [-0.3, -0.25) is 4.90 Å². The van der Waals surface area contributed by atoms with Gasteiger partial charge < -0.3 is 10.8 Å². The Hall–Kier alpha value is -0.120. The zero-order valence-electron chi connectivity index (χ0n) is 12.2. The van der Waals surface area contributed by atoms with Gasteiger partial charge in [0.15, 0.2) is 0 Å². The molecule has 3 N–H and O–H groups in total. The third-order valence-electron chi connectivity index (χ3n) is 4.32. The Bertz CT molecular complexity index is 169. The molecule has 0 aliphatic carbocycles. The maximum absolute atomic E-state index is 9.22. The number of hydrogen-bond acceptors (Lipinski definition) is 3. The van der Waals surface area contributed by atoms with Crippen LogP contribution in [0.3, 0.4) is 0 Å². The molecule has 0 unspecified atom stereocenters. The lowest BCUT2D eigenvalue weighted by Gasteiger charge is -2.39. The molecule has 0 aliphatic heterocycles. The molecule has 0 spiro atoms. The van der Waals surface area contributed by atoms with Gasteiger partial charge in [-0.05, 0) is 37.6 Å². The molecule has 0 aromatic heterocycles. The first-order valence-electron chi connectivity index (χ1n) is 7.17. The van der Waals surface area contributed by atoms with Crippen LogP contribution in [0.25, 0.3) is 0 Å². The van der Waals surface area contributed by atoms with E-state index < -0.39 is 0 Å². The molecule has 17 heavy (non-hydrogen) atoms. The molecular weight excluding hydrogens is 212 g/mol. The van der Waals surface area contributed by atoms with E-state index in [1.807, 2.05) is 0 Å². The van der Waals surface area contributed by atoms with Crippen LogP contribution in [-0.2, 0) is 0 Å². The van der Waals surface area contributed by atoms with Crippen LogP contribution in [-0.4, -0.2) is 42.3 Å². The fraction of sp³-hybridized carbons (Fsp3) is 1.00. The second-order valence-corrected chi connectivity index (χ2v) is 5.08. The summed E-state index contributed by atoms with van der Waals surface area (Å²) in [5.74, 6) is 0. The first kappa shape index (κ1) is 16.9. The van der Waals surface area contributed by atoms with Gasteiger partial charge in [0.2, 0.25) is 0 Å². The SMILES string of the molecule is CCC(CC)N(CCO)CC(CC)(CC)CN. The molecule has 0 saturated heterocycles. The highest BCUT2D eigenvalue weighted by Crippen LogP contribution is 2.27. The molecule has 0 rings (SSSR count). The molecule has 3 nitrogen and oxygen atoms in total. The summed E-state index contributed by atoms with van der Waals surface area (Å²) in [6.07, 6.45) is 4.51. The number of rotatable bonds is 10. The van der Waals surface area contributed by atoms with Crippen LogP contribution in [0.2, 0.25) is 0 Å². The Kier molecular flexibility index (Phi) is 8.83. The zero-order valence-corrected chi connectivity index (χ0v) is 12.2. The zero-order chi connectivity index (χ0) is 13.3. The van der Waals surface area contributed by atoms with E-state index in [2.05, 4.69) is 32.6 Å². The van der Waals surface area contributed by atoms with E-state index in [4.69, 9.17) is 5.73 Å². The lowest BCUT2D eigenvalue weighted by molar-refractivity contribution is 0.0805. The predicted molar refractivity (Wildman–Crippen MR) is 75.1 cm³/mol. The molecule has 104 valence electrons. The summed E-state index contributed by atoms with van der Waals surface area (Å²) in [4.78, 5) is 2.43. The maximum Gasteiger partial charge on any atom is 0.0558 e. The highest BCUT2D eigenvalue weighted by atomic mass is 16.3. The minimum absolute atomic E-state index is 0.220. The standard InChI is InChI=1S/C14H32N2O/c1-5-13(6-2)16(9-10-17)12-14(7-3,8-4)11-15/h13,17H,5-12,15H2,1-4H3. The summed E-state index contributed by atoms with van der Waals surface area (Å²) in [5.41, 5.74) is 6.19. The minimum Gasteiger partial charge on any atom is -0.395 e. The predicted octanol–water partition coefficient (Wildman–Crippen LogP) is 2.23. The van der Waals surface area contributed by atoms with E-state index in [1.165, 1.54) is 0 Å². The smallest absolute Gasteiger partial charge is 0.0558 e. The van der Waals surface area contributed by atoms with Crippen molar-refractivity contribution >= 4 is 0 Å². The van der Waals surface area contributed by atoms with Crippen molar-refractivity contribution in [2.75, 3.05) is 26.2 Å². The Morgan fingerprint density at radius 1 is 1.12 bits per heavy atom. The average Bonchev–Trinajstić information content (AvgIpc) is 2.37. The van der Waals surface area contributed by atoms with Crippen molar-refractivity contribution in [2.24, 2.45) is 11.1 Å². The molecular formula is C14H32N2O. The molecule has 0 aromatic rings. The van der Waals surface area contributed by atoms with Gasteiger partial charge in [0.1, 0.15) is 0 Å². The van der Waals surface area contributed by atoms with Gasteiger partial charge in [0.25, 0.3) is 0 Å². The molecule has 0 aromatic carbocycles. The van der Waals surface area contributed by atoms with E-state index in [-0.39, 0.29) is 12.0 Å². The third-order valence-corrected chi connectivity index (χ3v) is 4.32. The van der Waals surface area contributed by atoms with Gasteiger partial charge >= 0.3 is 0 Å². The summed E-state index contributed by atoms with van der Waals surface area (Å²) in [7, 11) is 0. The molecule has 0 saturated carbocycles. The summed E-state index contributed by atoms with van der Waals surface area (Å²) in [5, 5.41) is 9.22. The van der Waals surface area contributed by atoms with Crippen LogP contribution in [0.1, 0.15) is 53.4 Å². The second-order valence-electron chi connectivity index (χ2n) is 5.08. The number of aliphatic hydroxyl groups is 1. The molecule has 0 bridgehead atoms. The largest absolute Gasteiger partial charge is 0.395 e. The van der Waals surface area contributed by atoms with Crippen molar-refractivity contribution in [3.8, 4) is 0 Å². The van der Waals surface area contributed by atoms with Crippen LogP contribution in [0, 0.1) is 5.41 Å². The number of nitrogens with two attached hydrogens (primary N) is 1. The van der Waals surface area contributed by atoms with Crippen molar-refractivity contribution in [2.45, 2.75) is 59.4 Å². The van der Waals surface area contributed by atoms with E-state index >= 15 is 0 Å². The van der Waals surface area contributed by atoms with E-state index in [0.29, 0.717) is 6.04 Å². The minimum atomic E-state index is 0.220. The van der Waals surface area contributed by atoms with Gasteiger partial charge in [0, 0.05) is 19.1 Å². The van der Waals surface area contributed by atoms with Crippen LogP contribution in [0.15, 0.2) is 0 Å². The number of hydrogen-bond donors (Lipinski definition) is 2. The second kappa shape index (κ2) is 8.90. The molecule has 0 aliphatic rings. The molecule has 0 heterocycles. The first-order chi connectivity index (χ1) is 8.12. The highest BCUT2D eigenvalue weighted by Gasteiger charge is 2.29. The van der Waals surface area contributed by atoms with Crippen molar-refractivity contribution in [3.05, 3.63) is 0 Å².